The monoisotopic (exact) mass is 341 g/mol. The van der Waals surface area contributed by atoms with Crippen LogP contribution in [0.1, 0.15) is 5.56 Å². The van der Waals surface area contributed by atoms with Crippen molar-refractivity contribution >= 4 is 33.2 Å². The molecule has 2 rings (SSSR count). The van der Waals surface area contributed by atoms with Gasteiger partial charge in [0.05, 0.1) is 16.0 Å². The van der Waals surface area contributed by atoms with Gasteiger partial charge < -0.3 is 4.74 Å². The maximum Gasteiger partial charge on any atom is 0.274 e. The van der Waals surface area contributed by atoms with E-state index in [0.29, 0.717) is 21.0 Å². The van der Waals surface area contributed by atoms with Crippen molar-refractivity contribution < 1.29 is 9.66 Å². The van der Waals surface area contributed by atoms with E-state index < -0.39 is 4.92 Å². The second-order valence-corrected chi connectivity index (χ2v) is 5.21. The summed E-state index contributed by atoms with van der Waals surface area (Å²) in [6.07, 6.45) is 0. The van der Waals surface area contributed by atoms with Gasteiger partial charge in [0.15, 0.2) is 0 Å². The van der Waals surface area contributed by atoms with Crippen molar-refractivity contribution in [2.45, 2.75) is 6.92 Å². The number of benzene rings is 2. The lowest BCUT2D eigenvalue weighted by molar-refractivity contribution is -0.385. The quantitative estimate of drug-likeness (QED) is 0.575. The number of non-ortho nitro benzene ring substituents is 1. The molecule has 0 atom stereocenters. The van der Waals surface area contributed by atoms with Gasteiger partial charge in [0, 0.05) is 10.5 Å². The summed E-state index contributed by atoms with van der Waals surface area (Å²) in [5, 5.41) is 11.3. The average molecular weight is 343 g/mol. The first-order valence-corrected chi connectivity index (χ1v) is 6.52. The van der Waals surface area contributed by atoms with E-state index in [4.69, 9.17) is 16.3 Å². The Kier molecular flexibility index (Phi) is 4.07. The Balaban J connectivity index is 2.41. The number of nitro benzene ring substituents is 1. The summed E-state index contributed by atoms with van der Waals surface area (Å²) in [5.41, 5.74) is 0.809. The van der Waals surface area contributed by atoms with Crippen LogP contribution >= 0.6 is 27.5 Å². The van der Waals surface area contributed by atoms with Gasteiger partial charge in [0.25, 0.3) is 5.69 Å². The van der Waals surface area contributed by atoms with Crippen LogP contribution in [0.3, 0.4) is 0 Å². The first-order valence-electron chi connectivity index (χ1n) is 5.35. The second kappa shape index (κ2) is 5.59. The number of rotatable bonds is 3. The van der Waals surface area contributed by atoms with Gasteiger partial charge in [-0.3, -0.25) is 10.1 Å². The van der Waals surface area contributed by atoms with Crippen LogP contribution in [0.25, 0.3) is 0 Å². The molecule has 0 spiro atoms. The Labute approximate surface area is 123 Å². The third kappa shape index (κ3) is 3.24. The molecule has 0 unspecified atom stereocenters. The number of para-hydroxylation sites is 1. The highest BCUT2D eigenvalue weighted by atomic mass is 79.9. The molecule has 0 saturated heterocycles. The Bertz CT molecular complexity index is 626. The minimum atomic E-state index is -0.475. The Morgan fingerprint density at radius 2 is 2.05 bits per heavy atom. The topological polar surface area (TPSA) is 52.4 Å². The van der Waals surface area contributed by atoms with E-state index in [1.807, 2.05) is 19.1 Å². The minimum absolute atomic E-state index is 0.0471. The number of halogens is 2. The maximum atomic E-state index is 10.8. The molecule has 0 amide bonds. The smallest absolute Gasteiger partial charge is 0.274 e. The number of ether oxygens (including phenoxy) is 1. The van der Waals surface area contributed by atoms with Gasteiger partial charge in [-0.2, -0.15) is 0 Å². The largest absolute Gasteiger partial charge is 0.455 e. The molecule has 0 fully saturated rings. The molecule has 6 heteroatoms. The van der Waals surface area contributed by atoms with Gasteiger partial charge in [-0.15, -0.1) is 0 Å². The van der Waals surface area contributed by atoms with E-state index >= 15 is 0 Å². The van der Waals surface area contributed by atoms with Gasteiger partial charge in [-0.25, -0.2) is 0 Å². The fourth-order valence-electron chi connectivity index (χ4n) is 1.58. The normalized spacial score (nSPS) is 10.3. The predicted octanol–water partition coefficient (Wildman–Crippen LogP) is 5.11. The number of hydrogen-bond acceptors (Lipinski definition) is 3. The molecule has 0 radical (unpaired) electrons. The van der Waals surface area contributed by atoms with Crippen molar-refractivity contribution in [1.29, 1.82) is 0 Å². The summed E-state index contributed by atoms with van der Waals surface area (Å²) < 4.78 is 6.22. The number of nitrogens with zero attached hydrogens (tertiary/aromatic N) is 1. The highest BCUT2D eigenvalue weighted by Crippen LogP contribution is 2.35. The highest BCUT2D eigenvalue weighted by molar-refractivity contribution is 9.10. The van der Waals surface area contributed by atoms with Crippen molar-refractivity contribution in [3.8, 4) is 11.5 Å². The van der Waals surface area contributed by atoms with Crippen molar-refractivity contribution in [3.05, 3.63) is 61.6 Å². The number of nitro groups is 1. The van der Waals surface area contributed by atoms with Crippen LogP contribution in [-0.2, 0) is 0 Å². The van der Waals surface area contributed by atoms with Gasteiger partial charge >= 0.3 is 0 Å². The molecule has 0 aromatic heterocycles. The standard InChI is InChI=1S/C13H9BrClNO3/c1-8-3-2-4-12(15)13(8)19-11-6-9(14)5-10(7-11)16(17)18/h2-7H,1H3. The summed E-state index contributed by atoms with van der Waals surface area (Å²) in [6, 6.07) is 9.79. The third-order valence-corrected chi connectivity index (χ3v) is 3.21. The minimum Gasteiger partial charge on any atom is -0.455 e. The van der Waals surface area contributed by atoms with Crippen LogP contribution in [0.2, 0.25) is 5.02 Å². The Hall–Kier alpha value is -1.59. The summed E-state index contributed by atoms with van der Waals surface area (Å²) in [4.78, 5) is 10.3. The molecular formula is C13H9BrClNO3. The van der Waals surface area contributed by atoms with Crippen molar-refractivity contribution in [3.63, 3.8) is 0 Å². The molecule has 0 aliphatic rings. The van der Waals surface area contributed by atoms with Crippen LogP contribution in [-0.4, -0.2) is 4.92 Å². The molecule has 2 aromatic rings. The SMILES string of the molecule is Cc1cccc(Cl)c1Oc1cc(Br)cc([N+](=O)[O-])c1. The number of hydrogen-bond donors (Lipinski definition) is 0. The molecule has 0 aliphatic carbocycles. The molecule has 4 nitrogen and oxygen atoms in total. The lowest BCUT2D eigenvalue weighted by atomic mass is 10.2. The number of aryl methyl sites for hydroxylation is 1. The molecule has 2 aromatic carbocycles. The van der Waals surface area contributed by atoms with Gasteiger partial charge in [-0.1, -0.05) is 39.7 Å². The summed E-state index contributed by atoms with van der Waals surface area (Å²) >= 11 is 9.27. The third-order valence-electron chi connectivity index (χ3n) is 2.45. The van der Waals surface area contributed by atoms with Crippen LogP contribution in [0.5, 0.6) is 11.5 Å². The lowest BCUT2D eigenvalue weighted by Gasteiger charge is -2.10. The van der Waals surface area contributed by atoms with Gasteiger partial charge in [0.1, 0.15) is 11.5 Å². The molecule has 0 heterocycles. The molecule has 98 valence electrons. The van der Waals surface area contributed by atoms with Gasteiger partial charge in [0.2, 0.25) is 0 Å². The van der Waals surface area contributed by atoms with E-state index in [0.717, 1.165) is 5.56 Å². The first-order chi connectivity index (χ1) is 8.97. The van der Waals surface area contributed by atoms with Crippen molar-refractivity contribution in [1.82, 2.24) is 0 Å². The van der Waals surface area contributed by atoms with Crippen LogP contribution in [0.4, 0.5) is 5.69 Å². The zero-order chi connectivity index (χ0) is 14.0. The Morgan fingerprint density at radius 3 is 2.68 bits per heavy atom. The summed E-state index contributed by atoms with van der Waals surface area (Å²) in [5.74, 6) is 0.855. The second-order valence-electron chi connectivity index (χ2n) is 3.89. The van der Waals surface area contributed by atoms with Crippen molar-refractivity contribution in [2.75, 3.05) is 0 Å². The highest BCUT2D eigenvalue weighted by Gasteiger charge is 2.12. The molecule has 0 aliphatic heterocycles. The van der Waals surface area contributed by atoms with E-state index in [-0.39, 0.29) is 5.69 Å². The van der Waals surface area contributed by atoms with Crippen LogP contribution in [0, 0.1) is 17.0 Å². The molecule has 0 saturated carbocycles. The van der Waals surface area contributed by atoms with Crippen LogP contribution < -0.4 is 4.74 Å². The zero-order valence-corrected chi connectivity index (χ0v) is 12.2. The predicted molar refractivity (Wildman–Crippen MR) is 77.1 cm³/mol. The molecule has 0 bridgehead atoms. The zero-order valence-electron chi connectivity index (χ0n) is 9.89. The first kappa shape index (κ1) is 13.8. The van der Waals surface area contributed by atoms with Crippen LogP contribution in [0.15, 0.2) is 40.9 Å². The lowest BCUT2D eigenvalue weighted by Crippen LogP contribution is -1.92. The van der Waals surface area contributed by atoms with E-state index in [9.17, 15) is 10.1 Å². The summed E-state index contributed by atoms with van der Waals surface area (Å²) in [7, 11) is 0. The van der Waals surface area contributed by atoms with Crippen molar-refractivity contribution in [2.24, 2.45) is 0 Å². The fourth-order valence-corrected chi connectivity index (χ4v) is 2.30. The molecule has 19 heavy (non-hydrogen) atoms. The van der Waals surface area contributed by atoms with Gasteiger partial charge in [-0.05, 0) is 24.6 Å². The molecule has 0 N–H and O–H groups in total. The molecular weight excluding hydrogens is 334 g/mol. The van der Waals surface area contributed by atoms with E-state index in [1.54, 1.807) is 12.1 Å². The summed E-state index contributed by atoms with van der Waals surface area (Å²) in [6.45, 7) is 1.85. The average Bonchev–Trinajstić information content (AvgIpc) is 2.33. The fraction of sp³-hybridized carbons (Fsp3) is 0.0769. The van der Waals surface area contributed by atoms with E-state index in [1.165, 1.54) is 12.1 Å². The van der Waals surface area contributed by atoms with E-state index in [2.05, 4.69) is 15.9 Å². The Morgan fingerprint density at radius 1 is 1.32 bits per heavy atom. The maximum absolute atomic E-state index is 10.8.